The number of non-ortho nitro benzene ring substituents is 1. The number of imidazole rings is 1. The van der Waals surface area contributed by atoms with Crippen molar-refractivity contribution in [1.82, 2.24) is 9.38 Å². The van der Waals surface area contributed by atoms with E-state index in [-0.39, 0.29) is 5.69 Å². The average Bonchev–Trinajstić information content (AvgIpc) is 2.89. The first-order chi connectivity index (χ1) is 10.1. The molecule has 0 aliphatic carbocycles. The van der Waals surface area contributed by atoms with Gasteiger partial charge in [-0.15, -0.1) is 0 Å². The minimum Gasteiger partial charge on any atom is -0.379 e. The Bertz CT molecular complexity index is 777. The Balaban J connectivity index is 1.80. The molecule has 106 valence electrons. The van der Waals surface area contributed by atoms with E-state index in [2.05, 4.69) is 10.3 Å². The number of fused-ring (bicyclic) bond motifs is 1. The van der Waals surface area contributed by atoms with Gasteiger partial charge < -0.3 is 9.72 Å². The molecule has 0 spiro atoms. The maximum absolute atomic E-state index is 10.8. The molecule has 21 heavy (non-hydrogen) atoms. The van der Waals surface area contributed by atoms with Crippen LogP contribution in [-0.2, 0) is 6.54 Å². The molecule has 6 nitrogen and oxygen atoms in total. The molecule has 0 aliphatic rings. The normalized spacial score (nSPS) is 10.7. The summed E-state index contributed by atoms with van der Waals surface area (Å²) >= 11 is 0. The van der Waals surface area contributed by atoms with Gasteiger partial charge in [-0.25, -0.2) is 4.98 Å². The number of hydrogen-bond acceptors (Lipinski definition) is 4. The second-order valence-electron chi connectivity index (χ2n) is 4.81. The zero-order valence-corrected chi connectivity index (χ0v) is 11.5. The van der Waals surface area contributed by atoms with Crippen LogP contribution in [0.4, 0.5) is 11.4 Å². The fourth-order valence-electron chi connectivity index (χ4n) is 2.17. The summed E-state index contributed by atoms with van der Waals surface area (Å²) in [5.41, 5.74) is 3.56. The Morgan fingerprint density at radius 3 is 2.95 bits per heavy atom. The van der Waals surface area contributed by atoms with Gasteiger partial charge in [-0.1, -0.05) is 12.1 Å². The van der Waals surface area contributed by atoms with Gasteiger partial charge in [-0.3, -0.25) is 10.1 Å². The van der Waals surface area contributed by atoms with Crippen LogP contribution in [-0.4, -0.2) is 14.3 Å². The van der Waals surface area contributed by atoms with Crippen LogP contribution in [0.3, 0.4) is 0 Å². The van der Waals surface area contributed by atoms with Crippen molar-refractivity contribution in [2.24, 2.45) is 0 Å². The van der Waals surface area contributed by atoms with Crippen molar-refractivity contribution in [2.75, 3.05) is 5.32 Å². The van der Waals surface area contributed by atoms with Crippen molar-refractivity contribution in [2.45, 2.75) is 13.5 Å². The summed E-state index contributed by atoms with van der Waals surface area (Å²) < 4.78 is 1.94. The fraction of sp³-hybridized carbons (Fsp3) is 0.133. The van der Waals surface area contributed by atoms with Crippen LogP contribution in [0.5, 0.6) is 0 Å². The van der Waals surface area contributed by atoms with Gasteiger partial charge in [0, 0.05) is 30.2 Å². The van der Waals surface area contributed by atoms with E-state index in [0.29, 0.717) is 6.54 Å². The van der Waals surface area contributed by atoms with E-state index in [1.165, 1.54) is 6.07 Å². The Kier molecular flexibility index (Phi) is 3.27. The fourth-order valence-corrected chi connectivity index (χ4v) is 2.17. The summed E-state index contributed by atoms with van der Waals surface area (Å²) in [6, 6.07) is 10.6. The molecule has 0 aliphatic heterocycles. The van der Waals surface area contributed by atoms with Gasteiger partial charge in [0.05, 0.1) is 17.2 Å². The molecule has 0 bridgehead atoms. The van der Waals surface area contributed by atoms with Gasteiger partial charge in [0.1, 0.15) is 5.65 Å². The molecule has 0 unspecified atom stereocenters. The van der Waals surface area contributed by atoms with Crippen LogP contribution in [0.1, 0.15) is 11.3 Å². The minimum atomic E-state index is -0.393. The molecule has 0 fully saturated rings. The van der Waals surface area contributed by atoms with Crippen LogP contribution in [0, 0.1) is 17.0 Å². The molecule has 6 heteroatoms. The van der Waals surface area contributed by atoms with Crippen molar-refractivity contribution in [3.05, 3.63) is 70.2 Å². The Morgan fingerprint density at radius 2 is 2.19 bits per heavy atom. The van der Waals surface area contributed by atoms with Crippen LogP contribution in [0.25, 0.3) is 5.65 Å². The summed E-state index contributed by atoms with van der Waals surface area (Å²) in [7, 11) is 0. The van der Waals surface area contributed by atoms with E-state index in [1.54, 1.807) is 12.1 Å². The zero-order chi connectivity index (χ0) is 14.8. The Labute approximate surface area is 121 Å². The third-order valence-corrected chi connectivity index (χ3v) is 3.31. The molecular formula is C15H14N4O2. The van der Waals surface area contributed by atoms with E-state index >= 15 is 0 Å². The zero-order valence-electron chi connectivity index (χ0n) is 11.5. The van der Waals surface area contributed by atoms with Crippen LogP contribution < -0.4 is 5.32 Å². The van der Waals surface area contributed by atoms with Gasteiger partial charge in [0.25, 0.3) is 5.69 Å². The molecule has 1 aromatic carbocycles. The highest BCUT2D eigenvalue weighted by Crippen LogP contribution is 2.22. The van der Waals surface area contributed by atoms with E-state index in [0.717, 1.165) is 22.6 Å². The van der Waals surface area contributed by atoms with Gasteiger partial charge in [-0.05, 0) is 24.6 Å². The lowest BCUT2D eigenvalue weighted by Crippen LogP contribution is -2.02. The second-order valence-corrected chi connectivity index (χ2v) is 4.81. The lowest BCUT2D eigenvalue weighted by molar-refractivity contribution is -0.384. The Hall–Kier alpha value is -2.89. The maximum Gasteiger partial charge on any atom is 0.271 e. The molecule has 0 amide bonds. The number of anilines is 1. The number of nitrogens with one attached hydrogen (secondary N) is 1. The van der Waals surface area contributed by atoms with Crippen molar-refractivity contribution in [3.8, 4) is 0 Å². The second kappa shape index (κ2) is 5.24. The molecule has 3 rings (SSSR count). The number of nitrogens with zero attached hydrogens (tertiary/aromatic N) is 3. The highest BCUT2D eigenvalue weighted by Gasteiger charge is 2.09. The van der Waals surface area contributed by atoms with Gasteiger partial charge in [0.2, 0.25) is 0 Å². The third-order valence-electron chi connectivity index (χ3n) is 3.31. The summed E-state index contributed by atoms with van der Waals surface area (Å²) in [6.45, 7) is 2.43. The van der Waals surface area contributed by atoms with Crippen LogP contribution >= 0.6 is 0 Å². The van der Waals surface area contributed by atoms with E-state index < -0.39 is 4.92 Å². The molecular weight excluding hydrogens is 268 g/mol. The first-order valence-electron chi connectivity index (χ1n) is 6.55. The van der Waals surface area contributed by atoms with E-state index in [4.69, 9.17) is 0 Å². The number of aromatic nitrogens is 2. The van der Waals surface area contributed by atoms with Crippen LogP contribution in [0.2, 0.25) is 0 Å². The van der Waals surface area contributed by atoms with Crippen molar-refractivity contribution >= 4 is 17.0 Å². The Morgan fingerprint density at radius 1 is 1.33 bits per heavy atom. The standard InChI is InChI=1S/C15H14N4O2/c1-11-5-6-13(19(20)21)8-14(11)16-9-12-10-18-7-3-2-4-15(18)17-12/h2-8,10,16H,9H2,1H3. The van der Waals surface area contributed by atoms with Gasteiger partial charge in [0.15, 0.2) is 0 Å². The number of benzene rings is 1. The van der Waals surface area contributed by atoms with Crippen molar-refractivity contribution < 1.29 is 4.92 Å². The van der Waals surface area contributed by atoms with Crippen molar-refractivity contribution in [3.63, 3.8) is 0 Å². The molecule has 0 saturated carbocycles. The summed E-state index contributed by atoms with van der Waals surface area (Å²) in [5, 5.41) is 14.0. The highest BCUT2D eigenvalue weighted by atomic mass is 16.6. The molecule has 3 aromatic rings. The highest BCUT2D eigenvalue weighted by molar-refractivity contribution is 5.57. The smallest absolute Gasteiger partial charge is 0.271 e. The van der Waals surface area contributed by atoms with Crippen molar-refractivity contribution in [1.29, 1.82) is 0 Å². The molecule has 0 atom stereocenters. The summed E-state index contributed by atoms with van der Waals surface area (Å²) in [5.74, 6) is 0. The molecule has 0 radical (unpaired) electrons. The molecule has 1 N–H and O–H groups in total. The number of nitro groups is 1. The van der Waals surface area contributed by atoms with E-state index in [9.17, 15) is 10.1 Å². The lowest BCUT2D eigenvalue weighted by atomic mass is 10.2. The maximum atomic E-state index is 10.8. The quantitative estimate of drug-likeness (QED) is 0.589. The molecule has 0 saturated heterocycles. The summed E-state index contributed by atoms with van der Waals surface area (Å²) in [4.78, 5) is 14.9. The first kappa shape index (κ1) is 13.1. The number of nitro benzene ring substituents is 1. The average molecular weight is 282 g/mol. The predicted molar refractivity (Wildman–Crippen MR) is 80.4 cm³/mol. The lowest BCUT2D eigenvalue weighted by Gasteiger charge is -2.07. The SMILES string of the molecule is Cc1ccc([N+](=O)[O-])cc1NCc1cn2ccccc2n1. The largest absolute Gasteiger partial charge is 0.379 e. The number of rotatable bonds is 4. The predicted octanol–water partition coefficient (Wildman–Crippen LogP) is 3.16. The number of aryl methyl sites for hydroxylation is 1. The minimum absolute atomic E-state index is 0.0816. The number of hydrogen-bond donors (Lipinski definition) is 1. The topological polar surface area (TPSA) is 72.5 Å². The monoisotopic (exact) mass is 282 g/mol. The third kappa shape index (κ3) is 2.69. The molecule has 2 heterocycles. The molecule has 2 aromatic heterocycles. The van der Waals surface area contributed by atoms with Crippen LogP contribution in [0.15, 0.2) is 48.8 Å². The van der Waals surface area contributed by atoms with Gasteiger partial charge in [-0.2, -0.15) is 0 Å². The van der Waals surface area contributed by atoms with E-state index in [1.807, 2.05) is 41.9 Å². The first-order valence-corrected chi connectivity index (χ1v) is 6.55. The summed E-state index contributed by atoms with van der Waals surface area (Å²) in [6.07, 6.45) is 3.87. The van der Waals surface area contributed by atoms with Gasteiger partial charge >= 0.3 is 0 Å². The number of pyridine rings is 1.